The number of anilines is 1. The van der Waals surface area contributed by atoms with Gasteiger partial charge in [-0.05, 0) is 37.6 Å². The van der Waals surface area contributed by atoms with Gasteiger partial charge in [0.25, 0.3) is 5.91 Å². The standard InChI is InChI=1S/C16H14F3NO2/c1-9-3-6-13(10(2)7-9)22-8-14(21)20-12-5-4-11(17)15(18)16(12)19/h3-7H,8H2,1-2H3,(H,20,21). The summed E-state index contributed by atoms with van der Waals surface area (Å²) in [4.78, 5) is 11.7. The molecule has 22 heavy (non-hydrogen) atoms. The van der Waals surface area contributed by atoms with Gasteiger partial charge >= 0.3 is 0 Å². The number of carbonyl (C=O) groups is 1. The van der Waals surface area contributed by atoms with Crippen molar-refractivity contribution < 1.29 is 22.7 Å². The van der Waals surface area contributed by atoms with Crippen molar-refractivity contribution >= 4 is 11.6 Å². The molecule has 2 aromatic rings. The van der Waals surface area contributed by atoms with Crippen molar-refractivity contribution in [1.82, 2.24) is 0 Å². The number of ether oxygens (including phenoxy) is 1. The first kappa shape index (κ1) is 15.9. The molecule has 0 aliphatic heterocycles. The lowest BCUT2D eigenvalue weighted by Gasteiger charge is -2.11. The maximum Gasteiger partial charge on any atom is 0.262 e. The Bertz CT molecular complexity index is 717. The molecule has 0 radical (unpaired) electrons. The normalized spacial score (nSPS) is 10.4. The lowest BCUT2D eigenvalue weighted by Crippen LogP contribution is -2.21. The highest BCUT2D eigenvalue weighted by atomic mass is 19.2. The largest absolute Gasteiger partial charge is 0.483 e. The number of carbonyl (C=O) groups excluding carboxylic acids is 1. The van der Waals surface area contributed by atoms with Crippen molar-refractivity contribution in [2.24, 2.45) is 0 Å². The van der Waals surface area contributed by atoms with Crippen molar-refractivity contribution in [3.63, 3.8) is 0 Å². The number of halogens is 3. The third kappa shape index (κ3) is 3.58. The lowest BCUT2D eigenvalue weighted by atomic mass is 10.1. The third-order valence-electron chi connectivity index (χ3n) is 3.00. The Balaban J connectivity index is 2.00. The molecule has 1 amide bonds. The molecule has 0 unspecified atom stereocenters. The molecule has 0 saturated heterocycles. The van der Waals surface area contributed by atoms with Gasteiger partial charge in [-0.1, -0.05) is 17.7 Å². The van der Waals surface area contributed by atoms with Gasteiger partial charge in [0.05, 0.1) is 5.69 Å². The van der Waals surface area contributed by atoms with Crippen LogP contribution < -0.4 is 10.1 Å². The van der Waals surface area contributed by atoms with Crippen LogP contribution in [0.1, 0.15) is 11.1 Å². The van der Waals surface area contributed by atoms with Gasteiger partial charge in [0.2, 0.25) is 0 Å². The van der Waals surface area contributed by atoms with Crippen LogP contribution in [0.25, 0.3) is 0 Å². The lowest BCUT2D eigenvalue weighted by molar-refractivity contribution is -0.118. The van der Waals surface area contributed by atoms with E-state index < -0.39 is 29.0 Å². The summed E-state index contributed by atoms with van der Waals surface area (Å²) in [7, 11) is 0. The summed E-state index contributed by atoms with van der Waals surface area (Å²) >= 11 is 0. The molecular weight excluding hydrogens is 295 g/mol. The zero-order chi connectivity index (χ0) is 16.3. The number of hydrogen-bond acceptors (Lipinski definition) is 2. The van der Waals surface area contributed by atoms with Gasteiger partial charge in [-0.2, -0.15) is 0 Å². The van der Waals surface area contributed by atoms with Crippen LogP contribution in [0, 0.1) is 31.3 Å². The second-order valence-electron chi connectivity index (χ2n) is 4.83. The van der Waals surface area contributed by atoms with E-state index in [0.717, 1.165) is 23.3 Å². The summed E-state index contributed by atoms with van der Waals surface area (Å²) in [6.07, 6.45) is 0. The topological polar surface area (TPSA) is 38.3 Å². The second-order valence-corrected chi connectivity index (χ2v) is 4.83. The van der Waals surface area contributed by atoms with Crippen LogP contribution in [-0.2, 0) is 4.79 Å². The quantitative estimate of drug-likeness (QED) is 0.874. The summed E-state index contributed by atoms with van der Waals surface area (Å²) in [5, 5.41) is 2.13. The minimum atomic E-state index is -1.63. The van der Waals surface area contributed by atoms with Gasteiger partial charge in [0, 0.05) is 0 Å². The predicted molar refractivity (Wildman–Crippen MR) is 76.4 cm³/mol. The van der Waals surface area contributed by atoms with E-state index in [0.29, 0.717) is 5.75 Å². The first-order valence-corrected chi connectivity index (χ1v) is 6.52. The number of benzene rings is 2. The molecule has 3 nitrogen and oxygen atoms in total. The van der Waals surface area contributed by atoms with Crippen LogP contribution in [0.3, 0.4) is 0 Å². The molecule has 0 heterocycles. The van der Waals surface area contributed by atoms with E-state index >= 15 is 0 Å². The van der Waals surface area contributed by atoms with Gasteiger partial charge < -0.3 is 10.1 Å². The Hall–Kier alpha value is -2.50. The number of rotatable bonds is 4. The van der Waals surface area contributed by atoms with Crippen molar-refractivity contribution in [2.75, 3.05) is 11.9 Å². The first-order valence-electron chi connectivity index (χ1n) is 6.52. The molecule has 0 spiro atoms. The van der Waals surface area contributed by atoms with Gasteiger partial charge in [-0.3, -0.25) is 4.79 Å². The number of nitrogens with one attached hydrogen (secondary N) is 1. The van der Waals surface area contributed by atoms with Gasteiger partial charge in [-0.25, -0.2) is 13.2 Å². The average Bonchev–Trinajstić information content (AvgIpc) is 2.47. The average molecular weight is 309 g/mol. The maximum absolute atomic E-state index is 13.4. The minimum Gasteiger partial charge on any atom is -0.483 e. The van der Waals surface area contributed by atoms with E-state index in [4.69, 9.17) is 4.74 Å². The van der Waals surface area contributed by atoms with Crippen LogP contribution in [0.2, 0.25) is 0 Å². The summed E-state index contributed by atoms with van der Waals surface area (Å²) in [5.41, 5.74) is 1.47. The highest BCUT2D eigenvalue weighted by Gasteiger charge is 2.15. The van der Waals surface area contributed by atoms with E-state index in [9.17, 15) is 18.0 Å². The smallest absolute Gasteiger partial charge is 0.262 e. The zero-order valence-electron chi connectivity index (χ0n) is 12.0. The highest BCUT2D eigenvalue weighted by molar-refractivity contribution is 5.92. The zero-order valence-corrected chi connectivity index (χ0v) is 12.0. The number of amides is 1. The molecule has 2 aromatic carbocycles. The fourth-order valence-electron chi connectivity index (χ4n) is 1.91. The number of hydrogen-bond donors (Lipinski definition) is 1. The van der Waals surface area contributed by atoms with E-state index in [2.05, 4.69) is 5.32 Å². The van der Waals surface area contributed by atoms with E-state index in [-0.39, 0.29) is 6.61 Å². The molecule has 116 valence electrons. The monoisotopic (exact) mass is 309 g/mol. The SMILES string of the molecule is Cc1ccc(OCC(=O)Nc2ccc(F)c(F)c2F)c(C)c1. The third-order valence-corrected chi connectivity index (χ3v) is 3.00. The molecule has 0 aliphatic rings. The summed E-state index contributed by atoms with van der Waals surface area (Å²) in [5.74, 6) is -4.55. The summed E-state index contributed by atoms with van der Waals surface area (Å²) < 4.78 is 44.6. The van der Waals surface area contributed by atoms with Gasteiger partial charge in [0.15, 0.2) is 24.1 Å². The van der Waals surface area contributed by atoms with Crippen molar-refractivity contribution in [2.45, 2.75) is 13.8 Å². The molecule has 0 atom stereocenters. The first-order chi connectivity index (χ1) is 10.4. The minimum absolute atomic E-state index is 0.373. The Kier molecular flexibility index (Phi) is 4.70. The van der Waals surface area contributed by atoms with Crippen molar-refractivity contribution in [3.05, 3.63) is 58.9 Å². The van der Waals surface area contributed by atoms with Crippen LogP contribution >= 0.6 is 0 Å². The van der Waals surface area contributed by atoms with Crippen LogP contribution in [0.4, 0.5) is 18.9 Å². The number of aryl methyl sites for hydroxylation is 2. The van der Waals surface area contributed by atoms with Crippen LogP contribution in [0.15, 0.2) is 30.3 Å². The highest BCUT2D eigenvalue weighted by Crippen LogP contribution is 2.20. The predicted octanol–water partition coefficient (Wildman–Crippen LogP) is 3.74. The fourth-order valence-corrected chi connectivity index (χ4v) is 1.91. The van der Waals surface area contributed by atoms with E-state index in [1.807, 2.05) is 26.0 Å². The van der Waals surface area contributed by atoms with Crippen molar-refractivity contribution in [3.8, 4) is 5.75 Å². The van der Waals surface area contributed by atoms with Gasteiger partial charge in [0.1, 0.15) is 5.75 Å². The molecule has 0 saturated carbocycles. The molecule has 0 fully saturated rings. The van der Waals surface area contributed by atoms with Crippen molar-refractivity contribution in [1.29, 1.82) is 0 Å². The van der Waals surface area contributed by atoms with Crippen LogP contribution in [-0.4, -0.2) is 12.5 Å². The summed E-state index contributed by atoms with van der Waals surface area (Å²) in [6.45, 7) is 3.38. The molecule has 0 bridgehead atoms. The Labute approximate surface area is 125 Å². The molecule has 2 rings (SSSR count). The molecule has 0 aliphatic carbocycles. The van der Waals surface area contributed by atoms with Gasteiger partial charge in [-0.15, -0.1) is 0 Å². The Morgan fingerprint density at radius 3 is 2.50 bits per heavy atom. The Morgan fingerprint density at radius 1 is 1.09 bits per heavy atom. The maximum atomic E-state index is 13.4. The molecule has 1 N–H and O–H groups in total. The molecule has 6 heteroatoms. The second kappa shape index (κ2) is 6.51. The van der Waals surface area contributed by atoms with Crippen LogP contribution in [0.5, 0.6) is 5.75 Å². The fraction of sp³-hybridized carbons (Fsp3) is 0.188. The molecule has 0 aromatic heterocycles. The summed E-state index contributed by atoms with van der Waals surface area (Å²) in [6, 6.07) is 7.12. The Morgan fingerprint density at radius 2 is 1.82 bits per heavy atom. The van der Waals surface area contributed by atoms with E-state index in [1.54, 1.807) is 6.07 Å². The van der Waals surface area contributed by atoms with E-state index in [1.165, 1.54) is 0 Å². The molecular formula is C16H14F3NO2.